The molecular weight excluding hydrogens is 361 g/mol. The van der Waals surface area contributed by atoms with Gasteiger partial charge in [0.25, 0.3) is 10.0 Å². The molecule has 2 rings (SSSR count). The fourth-order valence-corrected chi connectivity index (χ4v) is 4.31. The van der Waals surface area contributed by atoms with Crippen molar-refractivity contribution in [2.24, 2.45) is 0 Å². The van der Waals surface area contributed by atoms with Crippen molar-refractivity contribution in [1.82, 2.24) is 0 Å². The maximum atomic E-state index is 12.6. The zero-order valence-electron chi connectivity index (χ0n) is 12.2. The third-order valence-electron chi connectivity index (χ3n) is 3.21. The number of anilines is 1. The Bertz CT molecular complexity index is 868. The predicted octanol–water partition coefficient (Wildman–Crippen LogP) is 2.77. The molecule has 0 saturated heterocycles. The number of carbonyl (C=O) groups excluding carboxylic acids is 1. The number of hydrogen-bond donors (Lipinski definition) is 1. The second kappa shape index (κ2) is 6.39. The van der Waals surface area contributed by atoms with E-state index < -0.39 is 16.0 Å². The smallest absolute Gasteiger partial charge is 0.263 e. The minimum Gasteiger partial charge on any atom is -0.545 e. The number of benzene rings is 2. The van der Waals surface area contributed by atoms with Gasteiger partial charge in [-0.25, -0.2) is 8.42 Å². The van der Waals surface area contributed by atoms with Crippen molar-refractivity contribution >= 4 is 44.9 Å². The summed E-state index contributed by atoms with van der Waals surface area (Å²) >= 11 is 12.2. The van der Waals surface area contributed by atoms with Crippen LogP contribution in [0.4, 0.5) is 5.69 Å². The summed E-state index contributed by atoms with van der Waals surface area (Å²) in [5.74, 6) is -1.40. The summed E-state index contributed by atoms with van der Waals surface area (Å²) in [6.45, 7) is 3.18. The summed E-state index contributed by atoms with van der Waals surface area (Å²) in [7, 11) is -4.04. The van der Waals surface area contributed by atoms with E-state index in [4.69, 9.17) is 23.2 Å². The van der Waals surface area contributed by atoms with Gasteiger partial charge in [0.2, 0.25) is 0 Å². The lowest BCUT2D eigenvalue weighted by Gasteiger charge is -2.15. The molecule has 0 radical (unpaired) electrons. The van der Waals surface area contributed by atoms with Gasteiger partial charge in [0, 0.05) is 10.7 Å². The Labute approximate surface area is 143 Å². The number of aromatic carboxylic acids is 1. The van der Waals surface area contributed by atoms with E-state index in [0.717, 1.165) is 6.07 Å². The van der Waals surface area contributed by atoms with Gasteiger partial charge in [-0.1, -0.05) is 35.3 Å². The van der Waals surface area contributed by atoms with Gasteiger partial charge in [0.05, 0.1) is 11.0 Å². The van der Waals surface area contributed by atoms with Crippen LogP contribution in [0.25, 0.3) is 0 Å². The molecule has 2 aromatic carbocycles. The summed E-state index contributed by atoms with van der Waals surface area (Å²) in [5.41, 5.74) is 0.770. The molecule has 0 atom stereocenters. The lowest BCUT2D eigenvalue weighted by Crippen LogP contribution is -2.22. The van der Waals surface area contributed by atoms with E-state index in [1.54, 1.807) is 19.9 Å². The Morgan fingerprint density at radius 2 is 1.83 bits per heavy atom. The van der Waals surface area contributed by atoms with Crippen LogP contribution in [-0.2, 0) is 10.0 Å². The van der Waals surface area contributed by atoms with E-state index in [2.05, 4.69) is 4.72 Å². The molecule has 0 aliphatic heterocycles. The van der Waals surface area contributed by atoms with Crippen LogP contribution in [0.1, 0.15) is 21.5 Å². The predicted molar refractivity (Wildman–Crippen MR) is 87.5 cm³/mol. The highest BCUT2D eigenvalue weighted by Crippen LogP contribution is 2.34. The molecule has 0 fully saturated rings. The zero-order chi connectivity index (χ0) is 17.4. The number of carbonyl (C=O) groups is 1. The molecule has 0 aromatic heterocycles. The normalized spacial score (nSPS) is 11.3. The number of aryl methyl sites for hydroxylation is 1. The molecule has 122 valence electrons. The first-order valence-electron chi connectivity index (χ1n) is 6.43. The molecule has 0 amide bonds. The Morgan fingerprint density at radius 1 is 1.17 bits per heavy atom. The lowest BCUT2D eigenvalue weighted by molar-refractivity contribution is -0.255. The molecule has 0 aliphatic rings. The first-order valence-corrected chi connectivity index (χ1v) is 8.67. The van der Waals surface area contributed by atoms with Crippen molar-refractivity contribution in [1.29, 1.82) is 0 Å². The van der Waals surface area contributed by atoms with Gasteiger partial charge in [0.15, 0.2) is 0 Å². The average Bonchev–Trinajstić information content (AvgIpc) is 2.45. The SMILES string of the molecule is Cc1cc(Cl)c(C)c(S(=O)(=O)Nc2cccc(C(=O)[O-])c2)c1Cl. The summed E-state index contributed by atoms with van der Waals surface area (Å²) < 4.78 is 27.5. The molecule has 0 spiro atoms. The largest absolute Gasteiger partial charge is 0.545 e. The summed E-state index contributed by atoms with van der Waals surface area (Å²) in [6, 6.07) is 6.86. The fourth-order valence-electron chi connectivity index (χ4n) is 2.05. The van der Waals surface area contributed by atoms with Crippen molar-refractivity contribution < 1.29 is 18.3 Å². The molecule has 0 unspecified atom stereocenters. The van der Waals surface area contributed by atoms with Gasteiger partial charge < -0.3 is 9.90 Å². The van der Waals surface area contributed by atoms with Crippen molar-refractivity contribution in [2.45, 2.75) is 18.7 Å². The second-order valence-electron chi connectivity index (χ2n) is 4.92. The number of halogens is 2. The maximum Gasteiger partial charge on any atom is 0.263 e. The second-order valence-corrected chi connectivity index (χ2v) is 7.32. The van der Waals surface area contributed by atoms with E-state index in [1.807, 2.05) is 0 Å². The Balaban J connectivity index is 2.53. The lowest BCUT2D eigenvalue weighted by atomic mass is 10.2. The molecule has 23 heavy (non-hydrogen) atoms. The minimum atomic E-state index is -4.04. The molecular formula is C15H12Cl2NO4S-. The van der Waals surface area contributed by atoms with Gasteiger partial charge in [0.1, 0.15) is 4.90 Å². The van der Waals surface area contributed by atoms with Gasteiger partial charge in [-0.15, -0.1) is 0 Å². The summed E-state index contributed by atoms with van der Waals surface area (Å²) in [6.07, 6.45) is 0. The Hall–Kier alpha value is -1.76. The third-order valence-corrected chi connectivity index (χ3v) is 5.75. The van der Waals surface area contributed by atoms with Crippen molar-refractivity contribution in [3.05, 3.63) is 57.1 Å². The van der Waals surface area contributed by atoms with Crippen molar-refractivity contribution in [3.63, 3.8) is 0 Å². The molecule has 0 aliphatic carbocycles. The molecule has 8 heteroatoms. The van der Waals surface area contributed by atoms with Crippen LogP contribution in [0.15, 0.2) is 35.2 Å². The molecule has 0 heterocycles. The Kier molecular flexibility index (Phi) is 4.89. The van der Waals surface area contributed by atoms with Gasteiger partial charge >= 0.3 is 0 Å². The van der Waals surface area contributed by atoms with Crippen LogP contribution in [0, 0.1) is 13.8 Å². The Morgan fingerprint density at radius 3 is 2.43 bits per heavy atom. The highest BCUT2D eigenvalue weighted by Gasteiger charge is 2.24. The van der Waals surface area contributed by atoms with E-state index >= 15 is 0 Å². The topological polar surface area (TPSA) is 86.3 Å². The van der Waals surface area contributed by atoms with E-state index in [0.29, 0.717) is 11.1 Å². The van der Waals surface area contributed by atoms with Crippen molar-refractivity contribution in [2.75, 3.05) is 4.72 Å². The number of carboxylic acid groups (broad SMARTS) is 1. The van der Waals surface area contributed by atoms with Gasteiger partial charge in [-0.2, -0.15) is 0 Å². The first kappa shape index (κ1) is 17.6. The maximum absolute atomic E-state index is 12.6. The highest BCUT2D eigenvalue weighted by atomic mass is 35.5. The van der Waals surface area contributed by atoms with Crippen LogP contribution in [0.5, 0.6) is 0 Å². The first-order chi connectivity index (χ1) is 10.6. The van der Waals surface area contributed by atoms with Gasteiger partial charge in [-0.05, 0) is 48.7 Å². The van der Waals surface area contributed by atoms with E-state index in [9.17, 15) is 18.3 Å². The molecule has 1 N–H and O–H groups in total. The molecule has 0 bridgehead atoms. The fraction of sp³-hybridized carbons (Fsp3) is 0.133. The zero-order valence-corrected chi connectivity index (χ0v) is 14.5. The monoisotopic (exact) mass is 372 g/mol. The number of sulfonamides is 1. The summed E-state index contributed by atoms with van der Waals surface area (Å²) in [5, 5.41) is 11.2. The number of carboxylic acids is 1. The summed E-state index contributed by atoms with van der Waals surface area (Å²) in [4.78, 5) is 10.7. The van der Waals surface area contributed by atoms with Crippen molar-refractivity contribution in [3.8, 4) is 0 Å². The highest BCUT2D eigenvalue weighted by molar-refractivity contribution is 7.93. The standard InChI is InChI=1S/C15H13Cl2NO4S/c1-8-6-12(16)9(2)14(13(8)17)23(21,22)18-11-5-3-4-10(7-11)15(19)20/h3-7,18H,1-2H3,(H,19,20)/p-1. The van der Waals surface area contributed by atoms with E-state index in [-0.39, 0.29) is 26.2 Å². The minimum absolute atomic E-state index is 0.0652. The molecule has 5 nitrogen and oxygen atoms in total. The average molecular weight is 373 g/mol. The van der Waals surface area contributed by atoms with Crippen LogP contribution in [0.2, 0.25) is 10.0 Å². The van der Waals surface area contributed by atoms with Gasteiger partial charge in [-0.3, -0.25) is 4.72 Å². The molecule has 0 saturated carbocycles. The van der Waals surface area contributed by atoms with E-state index in [1.165, 1.54) is 18.2 Å². The quantitative estimate of drug-likeness (QED) is 0.893. The van der Waals surface area contributed by atoms with Crippen LogP contribution >= 0.6 is 23.2 Å². The van der Waals surface area contributed by atoms with Crippen LogP contribution in [-0.4, -0.2) is 14.4 Å². The van der Waals surface area contributed by atoms with Crippen LogP contribution < -0.4 is 9.83 Å². The number of hydrogen-bond acceptors (Lipinski definition) is 4. The number of rotatable bonds is 4. The van der Waals surface area contributed by atoms with Crippen LogP contribution in [0.3, 0.4) is 0 Å². The number of nitrogens with one attached hydrogen (secondary N) is 1. The molecule has 2 aromatic rings. The third kappa shape index (κ3) is 3.60.